The van der Waals surface area contributed by atoms with Gasteiger partial charge in [-0.2, -0.15) is 0 Å². The number of rotatable bonds is 5. The fraction of sp³-hybridized carbons (Fsp3) is 0.357. The molecule has 3 heterocycles. The van der Waals surface area contributed by atoms with Crippen molar-refractivity contribution in [1.29, 1.82) is 0 Å². The van der Waals surface area contributed by atoms with Crippen LogP contribution in [0.3, 0.4) is 0 Å². The summed E-state index contributed by atoms with van der Waals surface area (Å²) in [4.78, 5) is 21.7. The van der Waals surface area contributed by atoms with Crippen molar-refractivity contribution in [3.05, 3.63) is 95.8 Å². The van der Waals surface area contributed by atoms with Crippen molar-refractivity contribution in [2.45, 2.75) is 31.6 Å². The number of likely N-dealkylation sites (tertiary alicyclic amines) is 1. The third kappa shape index (κ3) is 5.13. The summed E-state index contributed by atoms with van der Waals surface area (Å²) in [6.45, 7) is 3.01. The normalized spacial score (nSPS) is 20.1. The van der Waals surface area contributed by atoms with Gasteiger partial charge >= 0.3 is 0 Å². The second-order valence-corrected chi connectivity index (χ2v) is 9.21. The van der Waals surface area contributed by atoms with Crippen LogP contribution in [0.4, 0.5) is 0 Å². The minimum atomic E-state index is -0.579. The number of pyridine rings is 1. The highest BCUT2D eigenvalue weighted by molar-refractivity contribution is 5.78. The average molecular weight is 458 g/mol. The Balaban J connectivity index is 1.23. The van der Waals surface area contributed by atoms with Crippen LogP contribution in [-0.4, -0.2) is 52.0 Å². The van der Waals surface area contributed by atoms with Gasteiger partial charge in [0.2, 0.25) is 5.91 Å². The summed E-state index contributed by atoms with van der Waals surface area (Å²) >= 11 is 0. The Bertz CT molecular complexity index is 1080. The van der Waals surface area contributed by atoms with Gasteiger partial charge in [-0.3, -0.25) is 14.7 Å². The number of aromatic nitrogens is 1. The maximum absolute atomic E-state index is 13.2. The molecule has 0 unspecified atom stereocenters. The summed E-state index contributed by atoms with van der Waals surface area (Å²) in [6.07, 6.45) is 2.56. The van der Waals surface area contributed by atoms with Crippen molar-refractivity contribution in [3.8, 4) is 5.75 Å². The lowest BCUT2D eigenvalue weighted by atomic mass is 9.89. The molecule has 0 bridgehead atoms. The van der Waals surface area contributed by atoms with E-state index in [1.54, 1.807) is 6.20 Å². The molecule has 3 aromatic rings. The van der Waals surface area contributed by atoms with E-state index in [1.165, 1.54) is 0 Å². The number of benzene rings is 2. The number of hydrogen-bond acceptors (Lipinski definition) is 5. The van der Waals surface area contributed by atoms with E-state index in [-0.39, 0.29) is 17.9 Å². The third-order valence-corrected chi connectivity index (χ3v) is 6.92. The van der Waals surface area contributed by atoms with E-state index < -0.39 is 6.10 Å². The molecule has 2 aromatic carbocycles. The topological polar surface area (TPSA) is 65.9 Å². The summed E-state index contributed by atoms with van der Waals surface area (Å²) in [5.74, 6) is 1.15. The Labute approximate surface area is 200 Å². The maximum atomic E-state index is 13.2. The van der Waals surface area contributed by atoms with Crippen LogP contribution in [0.1, 0.15) is 41.9 Å². The molecule has 6 nitrogen and oxygen atoms in total. The smallest absolute Gasteiger partial charge is 0.236 e. The lowest BCUT2D eigenvalue weighted by molar-refractivity contribution is -0.134. The molecule has 2 atom stereocenters. The number of fused-ring (bicyclic) bond motifs is 1. The molecule has 176 valence electrons. The van der Waals surface area contributed by atoms with Crippen LogP contribution in [0, 0.1) is 5.92 Å². The molecule has 6 heteroatoms. The molecule has 2 aliphatic heterocycles. The van der Waals surface area contributed by atoms with Crippen LogP contribution in [0.25, 0.3) is 0 Å². The van der Waals surface area contributed by atoms with Crippen molar-refractivity contribution >= 4 is 5.91 Å². The van der Waals surface area contributed by atoms with E-state index in [9.17, 15) is 9.90 Å². The number of carbonyl (C=O) groups excluding carboxylic acids is 1. The number of nitrogens with zero attached hydrogens (tertiary/aromatic N) is 3. The summed E-state index contributed by atoms with van der Waals surface area (Å²) in [6, 6.07) is 23.9. The van der Waals surface area contributed by atoms with E-state index >= 15 is 0 Å². The lowest BCUT2D eigenvalue weighted by Gasteiger charge is -2.35. The van der Waals surface area contributed by atoms with Gasteiger partial charge in [0.05, 0.1) is 18.3 Å². The molecule has 34 heavy (non-hydrogen) atoms. The van der Waals surface area contributed by atoms with Crippen LogP contribution >= 0.6 is 0 Å². The minimum Gasteiger partial charge on any atom is -0.484 e. The molecule has 1 saturated heterocycles. The first-order valence-electron chi connectivity index (χ1n) is 12.1. The number of amides is 1. The summed E-state index contributed by atoms with van der Waals surface area (Å²) in [7, 11) is 0. The number of aliphatic hydroxyl groups excluding tert-OH is 1. The number of piperidine rings is 1. The van der Waals surface area contributed by atoms with Gasteiger partial charge in [-0.25, -0.2) is 0 Å². The van der Waals surface area contributed by atoms with Gasteiger partial charge in [0.15, 0.2) is 0 Å². The highest BCUT2D eigenvalue weighted by Gasteiger charge is 2.31. The van der Waals surface area contributed by atoms with Gasteiger partial charge in [0.25, 0.3) is 0 Å². The first-order chi connectivity index (χ1) is 16.7. The predicted molar refractivity (Wildman–Crippen MR) is 130 cm³/mol. The Morgan fingerprint density at radius 1 is 1.00 bits per heavy atom. The molecule has 0 saturated carbocycles. The standard InChI is InChI=1S/C28H31N3O3/c32-27(31-16-13-22(14-17-31)28(33)24-11-6-7-15-29-24)20-30-18-23-10-4-5-12-25(23)34-26(19-30)21-8-2-1-3-9-21/h1-12,15,22,26,28,33H,13-14,16-20H2/t26-,28-/m0/s1. The van der Waals surface area contributed by atoms with E-state index in [0.29, 0.717) is 38.4 Å². The molecule has 0 spiro atoms. The zero-order valence-electron chi connectivity index (χ0n) is 19.3. The van der Waals surface area contributed by atoms with Crippen LogP contribution in [0.5, 0.6) is 5.75 Å². The monoisotopic (exact) mass is 457 g/mol. The Morgan fingerprint density at radius 2 is 1.74 bits per heavy atom. The van der Waals surface area contributed by atoms with Gasteiger partial charge in [-0.1, -0.05) is 54.6 Å². The lowest BCUT2D eigenvalue weighted by Crippen LogP contribution is -2.45. The zero-order chi connectivity index (χ0) is 23.3. The molecular weight excluding hydrogens is 426 g/mol. The van der Waals surface area contributed by atoms with Gasteiger partial charge in [-0.15, -0.1) is 0 Å². The quantitative estimate of drug-likeness (QED) is 0.628. The zero-order valence-corrected chi connectivity index (χ0v) is 19.3. The molecule has 1 aromatic heterocycles. The second kappa shape index (κ2) is 10.4. The third-order valence-electron chi connectivity index (χ3n) is 6.92. The molecular formula is C28H31N3O3. The van der Waals surface area contributed by atoms with Crippen molar-refractivity contribution in [1.82, 2.24) is 14.8 Å². The molecule has 0 radical (unpaired) electrons. The minimum absolute atomic E-state index is 0.125. The highest BCUT2D eigenvalue weighted by atomic mass is 16.5. The predicted octanol–water partition coefficient (Wildman–Crippen LogP) is 3.99. The van der Waals surface area contributed by atoms with Gasteiger partial charge in [0, 0.05) is 37.9 Å². The Morgan fingerprint density at radius 3 is 2.50 bits per heavy atom. The van der Waals surface area contributed by atoms with Crippen LogP contribution in [0.15, 0.2) is 79.0 Å². The van der Waals surface area contributed by atoms with Gasteiger partial charge in [-0.05, 0) is 42.5 Å². The Kier molecular flexibility index (Phi) is 6.88. The largest absolute Gasteiger partial charge is 0.484 e. The maximum Gasteiger partial charge on any atom is 0.236 e. The SMILES string of the molecule is O=C(CN1Cc2ccccc2O[C@H](c2ccccc2)C1)N1CCC([C@H](O)c2ccccn2)CC1. The van der Waals surface area contributed by atoms with Gasteiger partial charge < -0.3 is 14.7 Å². The highest BCUT2D eigenvalue weighted by Crippen LogP contribution is 2.32. The first-order valence-corrected chi connectivity index (χ1v) is 12.1. The summed E-state index contributed by atoms with van der Waals surface area (Å²) in [5.41, 5.74) is 2.93. The fourth-order valence-corrected chi connectivity index (χ4v) is 4.99. The molecule has 1 amide bonds. The van der Waals surface area contributed by atoms with E-state index in [4.69, 9.17) is 4.74 Å². The van der Waals surface area contributed by atoms with Crippen LogP contribution < -0.4 is 4.74 Å². The number of carbonyl (C=O) groups is 1. The summed E-state index contributed by atoms with van der Waals surface area (Å²) < 4.78 is 6.38. The van der Waals surface area contributed by atoms with Crippen molar-refractivity contribution in [3.63, 3.8) is 0 Å². The number of aliphatic hydroxyl groups is 1. The molecule has 1 fully saturated rings. The van der Waals surface area contributed by atoms with Crippen molar-refractivity contribution in [2.75, 3.05) is 26.2 Å². The van der Waals surface area contributed by atoms with Crippen molar-refractivity contribution < 1.29 is 14.6 Å². The number of para-hydroxylation sites is 1. The number of hydrogen-bond donors (Lipinski definition) is 1. The molecule has 2 aliphatic rings. The van der Waals surface area contributed by atoms with Crippen LogP contribution in [-0.2, 0) is 11.3 Å². The molecule has 5 rings (SSSR count). The summed E-state index contributed by atoms with van der Waals surface area (Å²) in [5, 5.41) is 10.7. The first kappa shape index (κ1) is 22.6. The second-order valence-electron chi connectivity index (χ2n) is 9.21. The molecule has 0 aliphatic carbocycles. The average Bonchev–Trinajstić information content (AvgIpc) is 3.08. The van der Waals surface area contributed by atoms with Crippen molar-refractivity contribution in [2.24, 2.45) is 5.92 Å². The van der Waals surface area contributed by atoms with E-state index in [1.807, 2.05) is 59.5 Å². The van der Waals surface area contributed by atoms with E-state index in [0.717, 1.165) is 29.7 Å². The molecule has 1 N–H and O–H groups in total. The fourth-order valence-electron chi connectivity index (χ4n) is 4.99. The number of ether oxygens (including phenoxy) is 1. The van der Waals surface area contributed by atoms with E-state index in [2.05, 4.69) is 28.1 Å². The van der Waals surface area contributed by atoms with Gasteiger partial charge in [0.1, 0.15) is 11.9 Å². The Hall–Kier alpha value is -3.22. The van der Waals surface area contributed by atoms with Crippen LogP contribution in [0.2, 0.25) is 0 Å².